The van der Waals surface area contributed by atoms with Gasteiger partial charge in [0.2, 0.25) is 0 Å². The number of carbonyl (C=O) groups excluding carboxylic acids is 1. The Hall–Kier alpha value is -3.17. The molecule has 1 saturated heterocycles. The van der Waals surface area contributed by atoms with E-state index in [1.54, 1.807) is 4.90 Å². The third-order valence-electron chi connectivity index (χ3n) is 4.21. The lowest BCUT2D eigenvalue weighted by Crippen LogP contribution is -2.29. The third-order valence-corrected chi connectivity index (χ3v) is 5.21. The van der Waals surface area contributed by atoms with Crippen LogP contribution in [0.4, 0.5) is 5.69 Å². The number of terminal acetylenes is 1. The Morgan fingerprint density at radius 3 is 2.37 bits per heavy atom. The molecule has 0 aromatic heterocycles. The molecule has 0 spiro atoms. The first-order chi connectivity index (χ1) is 14.6. The van der Waals surface area contributed by atoms with Crippen molar-refractivity contribution in [1.29, 1.82) is 0 Å². The van der Waals surface area contributed by atoms with Crippen LogP contribution in [0.1, 0.15) is 25.8 Å². The van der Waals surface area contributed by atoms with Crippen molar-refractivity contribution in [2.24, 2.45) is 4.99 Å². The molecule has 154 valence electrons. The average molecular weight is 421 g/mol. The highest BCUT2D eigenvalue weighted by atomic mass is 32.2. The maximum Gasteiger partial charge on any atom is 0.266 e. The van der Waals surface area contributed by atoms with Crippen molar-refractivity contribution in [2.45, 2.75) is 20.3 Å². The number of ether oxygens (including phenoxy) is 2. The first kappa shape index (κ1) is 21.5. The zero-order valence-corrected chi connectivity index (χ0v) is 17.9. The van der Waals surface area contributed by atoms with E-state index in [0.717, 1.165) is 23.4 Å². The Labute approximate surface area is 181 Å². The first-order valence-corrected chi connectivity index (χ1v) is 10.7. The van der Waals surface area contributed by atoms with Crippen LogP contribution in [-0.4, -0.2) is 35.7 Å². The van der Waals surface area contributed by atoms with Crippen LogP contribution >= 0.6 is 11.8 Å². The molecule has 0 radical (unpaired) electrons. The summed E-state index contributed by atoms with van der Waals surface area (Å²) in [6, 6.07) is 15.0. The van der Waals surface area contributed by atoms with E-state index in [2.05, 4.69) is 5.92 Å². The predicted molar refractivity (Wildman–Crippen MR) is 123 cm³/mol. The number of carbonyl (C=O) groups is 1. The molecule has 0 bridgehead atoms. The van der Waals surface area contributed by atoms with E-state index >= 15 is 0 Å². The molecule has 0 N–H and O–H groups in total. The van der Waals surface area contributed by atoms with Crippen molar-refractivity contribution in [1.82, 2.24) is 4.90 Å². The van der Waals surface area contributed by atoms with Gasteiger partial charge in [-0.25, -0.2) is 4.99 Å². The zero-order valence-electron chi connectivity index (χ0n) is 17.1. The molecule has 5 nitrogen and oxygen atoms in total. The van der Waals surface area contributed by atoms with Crippen molar-refractivity contribution >= 4 is 34.6 Å². The van der Waals surface area contributed by atoms with E-state index in [0.29, 0.717) is 29.0 Å². The molecule has 30 heavy (non-hydrogen) atoms. The molecule has 1 amide bonds. The highest BCUT2D eigenvalue weighted by molar-refractivity contribution is 8.18. The number of amidine groups is 1. The van der Waals surface area contributed by atoms with Gasteiger partial charge in [-0.2, -0.15) is 0 Å². The fourth-order valence-corrected chi connectivity index (χ4v) is 3.87. The van der Waals surface area contributed by atoms with Gasteiger partial charge in [0.15, 0.2) is 5.17 Å². The molecule has 0 aliphatic carbocycles. The second kappa shape index (κ2) is 10.6. The SMILES string of the molecule is C#CCOc1ccc(/C=C2\SC(=Nc3ccc(OCC)cc3)N(CCC)C2=O)cc1. The van der Waals surface area contributed by atoms with Crippen LogP contribution in [0.5, 0.6) is 11.5 Å². The van der Waals surface area contributed by atoms with E-state index in [1.807, 2.05) is 68.5 Å². The molecular weight excluding hydrogens is 396 g/mol. The molecular formula is C24H24N2O3S. The number of thioether (sulfide) groups is 1. The van der Waals surface area contributed by atoms with Crippen LogP contribution in [0, 0.1) is 12.3 Å². The Bertz CT molecular complexity index is 973. The van der Waals surface area contributed by atoms with Gasteiger partial charge in [0, 0.05) is 6.54 Å². The molecule has 1 fully saturated rings. The molecule has 6 heteroatoms. The molecule has 1 aliphatic heterocycles. The summed E-state index contributed by atoms with van der Waals surface area (Å²) in [5.74, 6) is 3.91. The van der Waals surface area contributed by atoms with E-state index in [-0.39, 0.29) is 12.5 Å². The number of amides is 1. The fourth-order valence-electron chi connectivity index (χ4n) is 2.84. The quantitative estimate of drug-likeness (QED) is 0.440. The van der Waals surface area contributed by atoms with E-state index in [9.17, 15) is 4.79 Å². The number of benzene rings is 2. The van der Waals surface area contributed by atoms with Crippen LogP contribution in [0.2, 0.25) is 0 Å². The summed E-state index contributed by atoms with van der Waals surface area (Å²) in [6.45, 7) is 5.46. The molecule has 3 rings (SSSR count). The number of rotatable bonds is 8. The summed E-state index contributed by atoms with van der Waals surface area (Å²) < 4.78 is 10.9. The summed E-state index contributed by atoms with van der Waals surface area (Å²) in [7, 11) is 0. The van der Waals surface area contributed by atoms with E-state index in [1.165, 1.54) is 11.8 Å². The lowest BCUT2D eigenvalue weighted by Gasteiger charge is -2.14. The van der Waals surface area contributed by atoms with Crippen LogP contribution in [0.15, 0.2) is 58.4 Å². The minimum absolute atomic E-state index is 0.0285. The maximum atomic E-state index is 12.9. The topological polar surface area (TPSA) is 51.1 Å². The van der Waals surface area contributed by atoms with Gasteiger partial charge < -0.3 is 9.47 Å². The van der Waals surface area contributed by atoms with Gasteiger partial charge in [-0.15, -0.1) is 6.42 Å². The third kappa shape index (κ3) is 5.46. The van der Waals surface area contributed by atoms with Gasteiger partial charge in [0.25, 0.3) is 5.91 Å². The molecule has 1 aliphatic rings. The molecule has 0 atom stereocenters. The van der Waals surface area contributed by atoms with Crippen molar-refractivity contribution < 1.29 is 14.3 Å². The largest absolute Gasteiger partial charge is 0.494 e. The van der Waals surface area contributed by atoms with E-state index in [4.69, 9.17) is 20.9 Å². The lowest BCUT2D eigenvalue weighted by molar-refractivity contribution is -0.122. The van der Waals surface area contributed by atoms with Gasteiger partial charge in [0.05, 0.1) is 17.2 Å². The molecule has 2 aromatic rings. The lowest BCUT2D eigenvalue weighted by atomic mass is 10.2. The monoisotopic (exact) mass is 420 g/mol. The number of hydrogen-bond acceptors (Lipinski definition) is 5. The van der Waals surface area contributed by atoms with Gasteiger partial charge in [0.1, 0.15) is 18.1 Å². The van der Waals surface area contributed by atoms with E-state index < -0.39 is 0 Å². The van der Waals surface area contributed by atoms with Gasteiger partial charge in [-0.1, -0.05) is 25.0 Å². The van der Waals surface area contributed by atoms with Crippen molar-refractivity contribution in [2.75, 3.05) is 19.8 Å². The minimum Gasteiger partial charge on any atom is -0.494 e. The maximum absolute atomic E-state index is 12.9. The fraction of sp³-hybridized carbons (Fsp3) is 0.250. The number of aliphatic imine (C=N–C) groups is 1. The molecule has 1 heterocycles. The second-order valence-corrected chi connectivity index (χ2v) is 7.46. The predicted octanol–water partition coefficient (Wildman–Crippen LogP) is 5.11. The number of hydrogen-bond donors (Lipinski definition) is 0. The standard InChI is InChI=1S/C24H24N2O3S/c1-4-15-26-23(27)22(17-18-7-11-21(12-8-18)29-16-5-2)30-24(26)25-19-9-13-20(14-10-19)28-6-3/h2,7-14,17H,4,6,15-16H2,1,3H3/b22-17-,25-24?. The van der Waals surface area contributed by atoms with Crippen LogP contribution in [0.3, 0.4) is 0 Å². The summed E-state index contributed by atoms with van der Waals surface area (Å²) in [5.41, 5.74) is 1.70. The Morgan fingerprint density at radius 2 is 1.73 bits per heavy atom. The van der Waals surface area contributed by atoms with Crippen LogP contribution < -0.4 is 9.47 Å². The van der Waals surface area contributed by atoms with Crippen molar-refractivity contribution in [3.8, 4) is 23.8 Å². The Balaban J connectivity index is 1.81. The highest BCUT2D eigenvalue weighted by Crippen LogP contribution is 2.34. The minimum atomic E-state index is -0.0285. The van der Waals surface area contributed by atoms with Crippen molar-refractivity contribution in [3.05, 3.63) is 59.0 Å². The summed E-state index contributed by atoms with van der Waals surface area (Å²) >= 11 is 1.39. The second-order valence-electron chi connectivity index (χ2n) is 6.45. The van der Waals surface area contributed by atoms with Gasteiger partial charge >= 0.3 is 0 Å². The summed E-state index contributed by atoms with van der Waals surface area (Å²) in [4.78, 5) is 20.0. The van der Waals surface area contributed by atoms with Crippen molar-refractivity contribution in [3.63, 3.8) is 0 Å². The molecule has 0 unspecified atom stereocenters. The molecule has 0 saturated carbocycles. The smallest absolute Gasteiger partial charge is 0.266 e. The van der Waals surface area contributed by atoms with Crippen LogP contribution in [-0.2, 0) is 4.79 Å². The molecule has 2 aromatic carbocycles. The first-order valence-electron chi connectivity index (χ1n) is 9.84. The van der Waals surface area contributed by atoms with Gasteiger partial charge in [-0.3, -0.25) is 9.69 Å². The Kier molecular flexibility index (Phi) is 7.58. The highest BCUT2D eigenvalue weighted by Gasteiger charge is 2.32. The van der Waals surface area contributed by atoms with Crippen LogP contribution in [0.25, 0.3) is 6.08 Å². The normalized spacial score (nSPS) is 16.2. The zero-order chi connectivity index (χ0) is 21.3. The van der Waals surface area contributed by atoms with Gasteiger partial charge in [-0.05, 0) is 73.1 Å². The summed E-state index contributed by atoms with van der Waals surface area (Å²) in [5, 5.41) is 0.686. The Morgan fingerprint density at radius 1 is 1.07 bits per heavy atom. The number of nitrogens with zero attached hydrogens (tertiary/aromatic N) is 2. The summed E-state index contributed by atoms with van der Waals surface area (Å²) in [6.07, 6.45) is 7.94. The average Bonchev–Trinajstić information content (AvgIpc) is 3.04.